The van der Waals surface area contributed by atoms with Crippen LogP contribution in [-0.4, -0.2) is 66.5 Å². The average molecular weight is 288 g/mol. The highest BCUT2D eigenvalue weighted by Crippen LogP contribution is 2.31. The molecule has 1 atom stereocenters. The largest absolute Gasteiger partial charge is 0.338 e. The Morgan fingerprint density at radius 3 is 2.38 bits per heavy atom. The number of anilines is 1. The monoisotopic (exact) mass is 288 g/mol. The second-order valence-corrected chi connectivity index (χ2v) is 5.29. The van der Waals surface area contributed by atoms with Crippen molar-refractivity contribution in [2.45, 2.75) is 6.17 Å². The summed E-state index contributed by atoms with van der Waals surface area (Å²) in [7, 11) is 4.75. The van der Waals surface area contributed by atoms with Crippen LogP contribution >= 0.6 is 0 Å². The van der Waals surface area contributed by atoms with Crippen molar-refractivity contribution in [1.29, 1.82) is 0 Å². The van der Waals surface area contributed by atoms with E-state index in [2.05, 4.69) is 0 Å². The summed E-state index contributed by atoms with van der Waals surface area (Å²) >= 11 is 0. The van der Waals surface area contributed by atoms with Gasteiger partial charge in [-0.05, 0) is 12.1 Å². The van der Waals surface area contributed by atoms with Gasteiger partial charge in [0.05, 0.1) is 17.8 Å². The van der Waals surface area contributed by atoms with E-state index in [0.29, 0.717) is 11.3 Å². The molecule has 21 heavy (non-hydrogen) atoms. The molecule has 7 heteroatoms. The van der Waals surface area contributed by atoms with Gasteiger partial charge in [0.1, 0.15) is 6.17 Å². The van der Waals surface area contributed by atoms with Crippen LogP contribution in [0.2, 0.25) is 0 Å². The first kappa shape index (κ1) is 13.4. The number of amides is 5. The number of benzene rings is 1. The maximum atomic E-state index is 12.5. The van der Waals surface area contributed by atoms with Crippen LogP contribution in [0.15, 0.2) is 24.3 Å². The first-order valence-corrected chi connectivity index (χ1v) is 6.61. The first-order chi connectivity index (χ1) is 9.93. The fourth-order valence-electron chi connectivity index (χ4n) is 2.77. The van der Waals surface area contributed by atoms with Crippen molar-refractivity contribution in [3.8, 4) is 0 Å². The molecule has 0 saturated carbocycles. The summed E-state index contributed by atoms with van der Waals surface area (Å²) in [4.78, 5) is 42.6. The van der Waals surface area contributed by atoms with Gasteiger partial charge in [-0.25, -0.2) is 14.5 Å². The van der Waals surface area contributed by atoms with Crippen LogP contribution in [-0.2, 0) is 0 Å². The molecule has 1 fully saturated rings. The van der Waals surface area contributed by atoms with Crippen molar-refractivity contribution in [1.82, 2.24) is 14.7 Å². The topological polar surface area (TPSA) is 64.2 Å². The van der Waals surface area contributed by atoms with E-state index >= 15 is 0 Å². The van der Waals surface area contributed by atoms with Crippen molar-refractivity contribution in [2.24, 2.45) is 0 Å². The molecule has 0 spiro atoms. The molecule has 0 bridgehead atoms. The number of likely N-dealkylation sites (N-methyl/N-ethyl adjacent to an activating group) is 2. The number of rotatable bonds is 0. The molecule has 1 aromatic rings. The van der Waals surface area contributed by atoms with E-state index in [1.165, 1.54) is 21.7 Å². The normalized spacial score (nSPS) is 22.2. The maximum Gasteiger partial charge on any atom is 0.334 e. The quantitative estimate of drug-likeness (QED) is 0.716. The van der Waals surface area contributed by atoms with Gasteiger partial charge < -0.3 is 9.80 Å². The third-order valence-electron chi connectivity index (χ3n) is 4.00. The highest BCUT2D eigenvalue weighted by molar-refractivity contribution is 6.10. The summed E-state index contributed by atoms with van der Waals surface area (Å²) < 4.78 is 0. The Labute approximate surface area is 122 Å². The molecule has 0 radical (unpaired) electrons. The van der Waals surface area contributed by atoms with Crippen molar-refractivity contribution in [3.63, 3.8) is 0 Å². The molecular formula is C14H16N4O3. The van der Waals surface area contributed by atoms with Crippen molar-refractivity contribution < 1.29 is 14.4 Å². The Morgan fingerprint density at radius 2 is 1.67 bits per heavy atom. The molecular weight excluding hydrogens is 272 g/mol. The van der Waals surface area contributed by atoms with Gasteiger partial charge in [0.2, 0.25) is 0 Å². The van der Waals surface area contributed by atoms with Gasteiger partial charge in [-0.1, -0.05) is 12.1 Å². The maximum absolute atomic E-state index is 12.5. The Kier molecular flexibility index (Phi) is 2.86. The molecule has 1 unspecified atom stereocenters. The molecule has 2 aliphatic heterocycles. The van der Waals surface area contributed by atoms with E-state index in [9.17, 15) is 14.4 Å². The SMILES string of the molecule is CN1CC2N(C)C(=O)N(C)C(=O)N2c2ccccc2C1=O. The van der Waals surface area contributed by atoms with Crippen molar-refractivity contribution in [3.05, 3.63) is 29.8 Å². The van der Waals surface area contributed by atoms with Gasteiger partial charge >= 0.3 is 12.1 Å². The van der Waals surface area contributed by atoms with Crippen LogP contribution in [0.4, 0.5) is 15.3 Å². The van der Waals surface area contributed by atoms with Crippen molar-refractivity contribution in [2.75, 3.05) is 32.6 Å². The van der Waals surface area contributed by atoms with E-state index in [0.717, 1.165) is 4.90 Å². The first-order valence-electron chi connectivity index (χ1n) is 6.61. The van der Waals surface area contributed by atoms with E-state index in [-0.39, 0.29) is 18.5 Å². The minimum atomic E-state index is -0.501. The molecule has 2 aliphatic rings. The molecule has 3 rings (SSSR count). The number of carbonyl (C=O) groups is 3. The summed E-state index contributed by atoms with van der Waals surface area (Å²) in [6.45, 7) is 0.273. The molecule has 0 aliphatic carbocycles. The number of hydrogen-bond acceptors (Lipinski definition) is 3. The third-order valence-corrected chi connectivity index (χ3v) is 4.00. The van der Waals surface area contributed by atoms with E-state index < -0.39 is 12.2 Å². The minimum absolute atomic E-state index is 0.156. The van der Waals surface area contributed by atoms with Crippen molar-refractivity contribution >= 4 is 23.7 Å². The van der Waals surface area contributed by atoms with Crippen LogP contribution < -0.4 is 4.90 Å². The zero-order valence-corrected chi connectivity index (χ0v) is 12.1. The zero-order chi connectivity index (χ0) is 15.3. The third kappa shape index (κ3) is 1.77. The zero-order valence-electron chi connectivity index (χ0n) is 12.1. The number of fused-ring (bicyclic) bond motifs is 3. The lowest BCUT2D eigenvalue weighted by molar-refractivity contribution is 0.0748. The van der Waals surface area contributed by atoms with E-state index in [1.807, 2.05) is 0 Å². The summed E-state index contributed by atoms with van der Waals surface area (Å²) in [5.74, 6) is -0.156. The molecule has 110 valence electrons. The lowest BCUT2D eigenvalue weighted by Crippen LogP contribution is -2.66. The number of urea groups is 2. The van der Waals surface area contributed by atoms with Gasteiger partial charge in [0.25, 0.3) is 5.91 Å². The molecule has 1 saturated heterocycles. The Bertz CT molecular complexity index is 645. The van der Waals surface area contributed by atoms with Crippen LogP contribution in [0, 0.1) is 0 Å². The van der Waals surface area contributed by atoms with Gasteiger partial charge in [-0.2, -0.15) is 0 Å². The minimum Gasteiger partial charge on any atom is -0.338 e. The number of hydrogen-bond donors (Lipinski definition) is 0. The summed E-state index contributed by atoms with van der Waals surface area (Å²) in [5.41, 5.74) is 1.00. The number of para-hydroxylation sites is 1. The fourth-order valence-corrected chi connectivity index (χ4v) is 2.77. The fraction of sp³-hybridized carbons (Fsp3) is 0.357. The summed E-state index contributed by atoms with van der Waals surface area (Å²) in [6, 6.07) is 6.17. The van der Waals surface area contributed by atoms with Gasteiger partial charge in [0.15, 0.2) is 0 Å². The van der Waals surface area contributed by atoms with E-state index in [1.54, 1.807) is 38.4 Å². The van der Waals surface area contributed by atoms with Crippen LogP contribution in [0.3, 0.4) is 0 Å². The van der Waals surface area contributed by atoms with Gasteiger partial charge in [-0.15, -0.1) is 0 Å². The van der Waals surface area contributed by atoms with E-state index in [4.69, 9.17) is 0 Å². The highest BCUT2D eigenvalue weighted by atomic mass is 16.2. The highest BCUT2D eigenvalue weighted by Gasteiger charge is 2.45. The van der Waals surface area contributed by atoms with Crippen LogP contribution in [0.25, 0.3) is 0 Å². The Balaban J connectivity index is 2.20. The molecule has 0 N–H and O–H groups in total. The lowest BCUT2D eigenvalue weighted by Gasteiger charge is -2.44. The second-order valence-electron chi connectivity index (χ2n) is 5.29. The predicted molar refractivity (Wildman–Crippen MR) is 76.0 cm³/mol. The molecule has 2 heterocycles. The predicted octanol–water partition coefficient (Wildman–Crippen LogP) is 1.02. The van der Waals surface area contributed by atoms with Gasteiger partial charge in [-0.3, -0.25) is 9.69 Å². The summed E-state index contributed by atoms with van der Waals surface area (Å²) in [6.07, 6.45) is -0.501. The number of carbonyl (C=O) groups excluding carboxylic acids is 3. The number of imide groups is 1. The smallest absolute Gasteiger partial charge is 0.334 e. The van der Waals surface area contributed by atoms with Gasteiger partial charge in [0, 0.05) is 21.1 Å². The Morgan fingerprint density at radius 1 is 1.00 bits per heavy atom. The summed E-state index contributed by atoms with van der Waals surface area (Å²) in [5, 5.41) is 0. The second kappa shape index (κ2) is 4.47. The molecule has 1 aromatic carbocycles. The standard InChI is InChI=1S/C14H16N4O3/c1-15-8-11-16(2)13(20)17(3)14(21)18(11)10-7-5-4-6-9(10)12(15)19/h4-7,11H,8H2,1-3H3. The lowest BCUT2D eigenvalue weighted by atomic mass is 10.1. The van der Waals surface area contributed by atoms with Crippen LogP contribution in [0.5, 0.6) is 0 Å². The molecule has 7 nitrogen and oxygen atoms in total. The molecule has 5 amide bonds. The average Bonchev–Trinajstić information content (AvgIpc) is 2.60. The molecule has 0 aromatic heterocycles. The number of nitrogens with zero attached hydrogens (tertiary/aromatic N) is 4. The van der Waals surface area contributed by atoms with Crippen LogP contribution in [0.1, 0.15) is 10.4 Å². The Hall–Kier alpha value is -2.57.